The van der Waals surface area contributed by atoms with Crippen LogP contribution in [0.25, 0.3) is 0 Å². The number of rotatable bonds is 4. The highest BCUT2D eigenvalue weighted by Crippen LogP contribution is 2.28. The number of urea groups is 1. The maximum atomic E-state index is 12.8. The van der Waals surface area contributed by atoms with E-state index in [2.05, 4.69) is 5.32 Å². The third-order valence-electron chi connectivity index (χ3n) is 4.23. The first-order valence-electron chi connectivity index (χ1n) is 8.53. The Morgan fingerprint density at radius 2 is 2.16 bits per heavy atom. The molecule has 1 aromatic heterocycles. The number of morpholine rings is 1. The second-order valence-electron chi connectivity index (χ2n) is 6.07. The van der Waals surface area contributed by atoms with Gasteiger partial charge in [0.05, 0.1) is 19.8 Å². The summed E-state index contributed by atoms with van der Waals surface area (Å²) in [5, 5.41) is 2.99. The SMILES string of the molecule is CCOc1ccc(NC(=O)N2CCOCC2c2ccc(C)o2)c(C)c1. The standard InChI is InChI=1S/C19H24N2O4/c1-4-24-15-6-7-16(13(2)11-15)20-19(22)21-9-10-23-12-17(21)18-8-5-14(3)25-18/h5-8,11,17H,4,9-10,12H2,1-3H3,(H,20,22). The van der Waals surface area contributed by atoms with Crippen molar-refractivity contribution >= 4 is 11.7 Å². The minimum atomic E-state index is -0.217. The molecule has 0 spiro atoms. The van der Waals surface area contributed by atoms with E-state index < -0.39 is 0 Å². The van der Waals surface area contributed by atoms with E-state index in [1.165, 1.54) is 0 Å². The molecule has 6 nitrogen and oxygen atoms in total. The van der Waals surface area contributed by atoms with E-state index in [1.807, 2.05) is 51.1 Å². The molecule has 2 amide bonds. The number of furan rings is 1. The van der Waals surface area contributed by atoms with Crippen LogP contribution in [-0.4, -0.2) is 37.3 Å². The summed E-state index contributed by atoms with van der Waals surface area (Å²) < 4.78 is 16.7. The molecule has 1 saturated heterocycles. The Hall–Kier alpha value is -2.47. The molecule has 0 saturated carbocycles. The molecule has 1 N–H and O–H groups in total. The van der Waals surface area contributed by atoms with E-state index in [0.29, 0.717) is 26.4 Å². The van der Waals surface area contributed by atoms with E-state index in [1.54, 1.807) is 4.90 Å². The molecule has 0 radical (unpaired) electrons. The third kappa shape index (κ3) is 3.96. The Morgan fingerprint density at radius 3 is 2.84 bits per heavy atom. The lowest BCUT2D eigenvalue weighted by atomic mass is 10.1. The molecule has 0 bridgehead atoms. The normalized spacial score (nSPS) is 17.4. The Morgan fingerprint density at radius 1 is 1.32 bits per heavy atom. The average molecular weight is 344 g/mol. The second kappa shape index (κ2) is 7.61. The molecule has 25 heavy (non-hydrogen) atoms. The van der Waals surface area contributed by atoms with Crippen molar-refractivity contribution in [1.29, 1.82) is 0 Å². The van der Waals surface area contributed by atoms with Crippen LogP contribution < -0.4 is 10.1 Å². The number of hydrogen-bond acceptors (Lipinski definition) is 4. The molecule has 3 rings (SSSR count). The van der Waals surface area contributed by atoms with Crippen LogP contribution in [0.15, 0.2) is 34.7 Å². The fraction of sp³-hybridized carbons (Fsp3) is 0.421. The van der Waals surface area contributed by atoms with Gasteiger partial charge in [0, 0.05) is 12.2 Å². The predicted molar refractivity (Wildman–Crippen MR) is 95.1 cm³/mol. The first kappa shape index (κ1) is 17.4. The van der Waals surface area contributed by atoms with Crippen molar-refractivity contribution < 1.29 is 18.7 Å². The van der Waals surface area contributed by atoms with Gasteiger partial charge in [-0.25, -0.2) is 4.79 Å². The minimum absolute atomic E-state index is 0.158. The van der Waals surface area contributed by atoms with Gasteiger partial charge in [0.25, 0.3) is 0 Å². The third-order valence-corrected chi connectivity index (χ3v) is 4.23. The molecule has 134 valence electrons. The largest absolute Gasteiger partial charge is 0.494 e. The topological polar surface area (TPSA) is 63.9 Å². The van der Waals surface area contributed by atoms with E-state index in [9.17, 15) is 4.79 Å². The van der Waals surface area contributed by atoms with Gasteiger partial charge in [0.15, 0.2) is 0 Å². The number of nitrogens with zero attached hydrogens (tertiary/aromatic N) is 1. The van der Waals surface area contributed by atoms with Gasteiger partial charge in [-0.05, 0) is 56.7 Å². The number of carbonyl (C=O) groups excluding carboxylic acids is 1. The molecule has 1 fully saturated rings. The van der Waals surface area contributed by atoms with Crippen LogP contribution >= 0.6 is 0 Å². The van der Waals surface area contributed by atoms with Crippen molar-refractivity contribution in [1.82, 2.24) is 4.90 Å². The minimum Gasteiger partial charge on any atom is -0.494 e. The summed E-state index contributed by atoms with van der Waals surface area (Å²) in [5.74, 6) is 2.37. The first-order chi connectivity index (χ1) is 12.1. The van der Waals surface area contributed by atoms with Gasteiger partial charge < -0.3 is 24.1 Å². The molecule has 1 aromatic carbocycles. The van der Waals surface area contributed by atoms with Crippen LogP contribution in [0.3, 0.4) is 0 Å². The van der Waals surface area contributed by atoms with Gasteiger partial charge in [-0.3, -0.25) is 0 Å². The average Bonchev–Trinajstić information content (AvgIpc) is 3.04. The zero-order valence-corrected chi connectivity index (χ0v) is 14.9. The van der Waals surface area contributed by atoms with E-state index in [0.717, 1.165) is 28.5 Å². The van der Waals surface area contributed by atoms with Crippen molar-refractivity contribution in [3.63, 3.8) is 0 Å². The Balaban J connectivity index is 1.74. The molecule has 6 heteroatoms. The fourth-order valence-electron chi connectivity index (χ4n) is 2.93. The molecule has 1 unspecified atom stereocenters. The van der Waals surface area contributed by atoms with Crippen molar-refractivity contribution in [2.24, 2.45) is 0 Å². The predicted octanol–water partition coefficient (Wildman–Crippen LogP) is 3.90. The number of nitrogens with one attached hydrogen (secondary N) is 1. The van der Waals surface area contributed by atoms with E-state index >= 15 is 0 Å². The zero-order chi connectivity index (χ0) is 17.8. The second-order valence-corrected chi connectivity index (χ2v) is 6.07. The van der Waals surface area contributed by atoms with Crippen LogP contribution in [0.5, 0.6) is 5.75 Å². The van der Waals surface area contributed by atoms with E-state index in [-0.39, 0.29) is 12.1 Å². The van der Waals surface area contributed by atoms with Gasteiger partial charge in [0.1, 0.15) is 23.3 Å². The van der Waals surface area contributed by atoms with Crippen LogP contribution in [0, 0.1) is 13.8 Å². The fourth-order valence-corrected chi connectivity index (χ4v) is 2.93. The number of benzene rings is 1. The number of carbonyl (C=O) groups is 1. The summed E-state index contributed by atoms with van der Waals surface area (Å²) in [6.45, 7) is 7.87. The maximum Gasteiger partial charge on any atom is 0.322 e. The number of ether oxygens (including phenoxy) is 2. The number of hydrogen-bond donors (Lipinski definition) is 1. The quantitative estimate of drug-likeness (QED) is 0.913. The maximum absolute atomic E-state index is 12.8. The highest BCUT2D eigenvalue weighted by molar-refractivity contribution is 5.90. The van der Waals surface area contributed by atoms with Crippen molar-refractivity contribution in [2.75, 3.05) is 31.7 Å². The highest BCUT2D eigenvalue weighted by atomic mass is 16.5. The lowest BCUT2D eigenvalue weighted by Gasteiger charge is -2.34. The Kier molecular flexibility index (Phi) is 5.28. The monoisotopic (exact) mass is 344 g/mol. The van der Waals surface area contributed by atoms with Crippen LogP contribution in [0.1, 0.15) is 30.0 Å². The molecular formula is C19H24N2O4. The molecule has 1 aliphatic rings. The van der Waals surface area contributed by atoms with Crippen LogP contribution in [-0.2, 0) is 4.74 Å². The van der Waals surface area contributed by atoms with Gasteiger partial charge in [-0.1, -0.05) is 0 Å². The lowest BCUT2D eigenvalue weighted by Crippen LogP contribution is -2.45. The number of amides is 2. The first-order valence-corrected chi connectivity index (χ1v) is 8.53. The summed E-state index contributed by atoms with van der Waals surface area (Å²) in [4.78, 5) is 14.6. The summed E-state index contributed by atoms with van der Waals surface area (Å²) in [6, 6.07) is 9.07. The zero-order valence-electron chi connectivity index (χ0n) is 14.9. The summed E-state index contributed by atoms with van der Waals surface area (Å²) in [7, 11) is 0. The highest BCUT2D eigenvalue weighted by Gasteiger charge is 2.31. The summed E-state index contributed by atoms with van der Waals surface area (Å²) >= 11 is 0. The Bertz CT molecular complexity index is 741. The number of anilines is 1. The molecule has 0 aliphatic carbocycles. The van der Waals surface area contributed by atoms with E-state index in [4.69, 9.17) is 13.9 Å². The smallest absolute Gasteiger partial charge is 0.322 e. The van der Waals surface area contributed by atoms with Crippen molar-refractivity contribution in [3.05, 3.63) is 47.4 Å². The molecule has 2 heterocycles. The van der Waals surface area contributed by atoms with Gasteiger partial charge in [-0.15, -0.1) is 0 Å². The van der Waals surface area contributed by atoms with Crippen molar-refractivity contribution in [3.8, 4) is 5.75 Å². The summed E-state index contributed by atoms with van der Waals surface area (Å²) in [6.07, 6.45) is 0. The molecule has 1 aliphatic heterocycles. The van der Waals surface area contributed by atoms with Gasteiger partial charge in [0.2, 0.25) is 0 Å². The van der Waals surface area contributed by atoms with Crippen LogP contribution in [0.4, 0.5) is 10.5 Å². The molecular weight excluding hydrogens is 320 g/mol. The Labute approximate surface area is 147 Å². The van der Waals surface area contributed by atoms with Crippen LogP contribution in [0.2, 0.25) is 0 Å². The van der Waals surface area contributed by atoms with Gasteiger partial charge in [-0.2, -0.15) is 0 Å². The summed E-state index contributed by atoms with van der Waals surface area (Å²) in [5.41, 5.74) is 1.73. The lowest BCUT2D eigenvalue weighted by molar-refractivity contribution is 0.00710. The molecule has 1 atom stereocenters. The van der Waals surface area contributed by atoms with Gasteiger partial charge >= 0.3 is 6.03 Å². The number of aryl methyl sites for hydroxylation is 2. The van der Waals surface area contributed by atoms with Crippen molar-refractivity contribution in [2.45, 2.75) is 26.8 Å². The molecule has 2 aromatic rings.